The van der Waals surface area contributed by atoms with Crippen molar-refractivity contribution in [1.82, 2.24) is 10.6 Å². The molecule has 124 valence electrons. The average Bonchev–Trinajstić information content (AvgIpc) is 2.95. The first-order chi connectivity index (χ1) is 10.9. The molecule has 0 unspecified atom stereocenters. The van der Waals surface area contributed by atoms with Crippen LogP contribution in [0.15, 0.2) is 18.2 Å². The monoisotopic (exact) mass is 318 g/mol. The molecule has 1 aromatic carbocycles. The summed E-state index contributed by atoms with van der Waals surface area (Å²) >= 11 is 0. The Balaban J connectivity index is 2.24. The van der Waals surface area contributed by atoms with Gasteiger partial charge in [0.25, 0.3) is 0 Å². The highest BCUT2D eigenvalue weighted by Gasteiger charge is 2.32. The van der Waals surface area contributed by atoms with Crippen LogP contribution in [0.25, 0.3) is 0 Å². The third-order valence-electron chi connectivity index (χ3n) is 4.08. The summed E-state index contributed by atoms with van der Waals surface area (Å²) < 4.78 is 5.10. The van der Waals surface area contributed by atoms with E-state index >= 15 is 0 Å². The van der Waals surface area contributed by atoms with Crippen molar-refractivity contribution in [3.8, 4) is 0 Å². The summed E-state index contributed by atoms with van der Waals surface area (Å²) in [5.41, 5.74) is 2.67. The number of nitrogens with one attached hydrogen (secondary N) is 2. The van der Waals surface area contributed by atoms with Gasteiger partial charge in [0.1, 0.15) is 6.04 Å². The topological polar surface area (TPSA) is 84.5 Å². The molecule has 2 atom stereocenters. The number of carbonyl (C=O) groups excluding carboxylic acids is 3. The van der Waals surface area contributed by atoms with Crippen LogP contribution in [-0.2, 0) is 19.1 Å². The van der Waals surface area contributed by atoms with Crippen LogP contribution in [0.1, 0.15) is 42.5 Å². The minimum absolute atomic E-state index is 0.149. The number of carbonyl (C=O) groups is 3. The van der Waals surface area contributed by atoms with E-state index in [0.717, 1.165) is 11.1 Å². The molecule has 1 aliphatic rings. The van der Waals surface area contributed by atoms with E-state index in [9.17, 15) is 14.4 Å². The highest BCUT2D eigenvalue weighted by atomic mass is 16.5. The molecule has 1 aliphatic heterocycles. The normalized spacial score (nSPS) is 18.2. The minimum Gasteiger partial charge on any atom is -0.464 e. The Hall–Kier alpha value is -2.37. The van der Waals surface area contributed by atoms with Crippen molar-refractivity contribution in [2.24, 2.45) is 0 Å². The van der Waals surface area contributed by atoms with Gasteiger partial charge in [0, 0.05) is 6.42 Å². The molecule has 6 heteroatoms. The molecule has 0 bridgehead atoms. The van der Waals surface area contributed by atoms with E-state index < -0.39 is 18.1 Å². The molecule has 0 aromatic heterocycles. The highest BCUT2D eigenvalue weighted by molar-refractivity contribution is 5.93. The van der Waals surface area contributed by atoms with Gasteiger partial charge in [-0.25, -0.2) is 4.79 Å². The van der Waals surface area contributed by atoms with Crippen LogP contribution >= 0.6 is 0 Å². The largest absolute Gasteiger partial charge is 0.464 e. The second kappa shape index (κ2) is 7.26. The van der Waals surface area contributed by atoms with Gasteiger partial charge in [0.05, 0.1) is 6.61 Å². The Morgan fingerprint density at radius 2 is 2.13 bits per heavy atom. The van der Waals surface area contributed by atoms with E-state index in [1.807, 2.05) is 26.0 Å². The third-order valence-corrected chi connectivity index (χ3v) is 4.08. The lowest BCUT2D eigenvalue weighted by Crippen LogP contribution is -2.45. The fourth-order valence-corrected chi connectivity index (χ4v) is 2.63. The summed E-state index contributed by atoms with van der Waals surface area (Å²) in [6, 6.07) is 4.12. The van der Waals surface area contributed by atoms with Gasteiger partial charge in [0.15, 0.2) is 6.04 Å². The van der Waals surface area contributed by atoms with Crippen molar-refractivity contribution in [2.75, 3.05) is 6.61 Å². The molecule has 0 radical (unpaired) electrons. The van der Waals surface area contributed by atoms with Crippen LogP contribution in [0.4, 0.5) is 0 Å². The SMILES string of the molecule is CCOC(=O)[C@@H](NC(=O)[C@@H]1CCC(=O)N1)c1cccc(C)c1C. The summed E-state index contributed by atoms with van der Waals surface area (Å²) in [5, 5.41) is 5.32. The number of hydrogen-bond donors (Lipinski definition) is 2. The van der Waals surface area contributed by atoms with Gasteiger partial charge < -0.3 is 15.4 Å². The number of rotatable bonds is 5. The number of amides is 2. The predicted molar refractivity (Wildman–Crippen MR) is 84.6 cm³/mol. The lowest BCUT2D eigenvalue weighted by molar-refractivity contribution is -0.147. The molecule has 1 fully saturated rings. The Morgan fingerprint density at radius 1 is 1.39 bits per heavy atom. The second-order valence-corrected chi connectivity index (χ2v) is 5.64. The van der Waals surface area contributed by atoms with Crippen LogP contribution in [-0.4, -0.2) is 30.4 Å². The smallest absolute Gasteiger partial charge is 0.333 e. The predicted octanol–water partition coefficient (Wildman–Crippen LogP) is 1.30. The standard InChI is InChI=1S/C17H22N2O4/c1-4-23-17(22)15(12-7-5-6-10(2)11(12)3)19-16(21)13-8-9-14(20)18-13/h5-7,13,15H,4,8-9H2,1-3H3,(H,18,20)(H,19,21)/t13-,15-/m0/s1. The van der Waals surface area contributed by atoms with Crippen molar-refractivity contribution in [2.45, 2.75) is 45.7 Å². The van der Waals surface area contributed by atoms with Gasteiger partial charge in [-0.3, -0.25) is 9.59 Å². The molecular formula is C17H22N2O4. The van der Waals surface area contributed by atoms with Crippen molar-refractivity contribution >= 4 is 17.8 Å². The molecule has 23 heavy (non-hydrogen) atoms. The number of ether oxygens (including phenoxy) is 1. The summed E-state index contributed by atoms with van der Waals surface area (Å²) in [6.45, 7) is 5.80. The highest BCUT2D eigenvalue weighted by Crippen LogP contribution is 2.22. The maximum atomic E-state index is 12.3. The van der Waals surface area contributed by atoms with Gasteiger partial charge in [0.2, 0.25) is 11.8 Å². The Labute approximate surface area is 135 Å². The first kappa shape index (κ1) is 17.0. The van der Waals surface area contributed by atoms with Crippen LogP contribution in [0, 0.1) is 13.8 Å². The van der Waals surface area contributed by atoms with E-state index in [1.165, 1.54) is 0 Å². The van der Waals surface area contributed by atoms with Gasteiger partial charge in [-0.05, 0) is 43.9 Å². The number of hydrogen-bond acceptors (Lipinski definition) is 4. The van der Waals surface area contributed by atoms with Crippen molar-refractivity contribution in [3.05, 3.63) is 34.9 Å². The molecule has 0 spiro atoms. The van der Waals surface area contributed by atoms with Crippen molar-refractivity contribution < 1.29 is 19.1 Å². The molecule has 1 aromatic rings. The van der Waals surface area contributed by atoms with E-state index in [0.29, 0.717) is 18.4 Å². The molecule has 1 saturated heterocycles. The van der Waals surface area contributed by atoms with E-state index in [4.69, 9.17) is 4.74 Å². The number of esters is 1. The maximum absolute atomic E-state index is 12.3. The third kappa shape index (κ3) is 3.88. The molecule has 1 heterocycles. The fourth-order valence-electron chi connectivity index (χ4n) is 2.63. The molecule has 6 nitrogen and oxygen atoms in total. The molecule has 2 N–H and O–H groups in total. The van der Waals surface area contributed by atoms with Crippen LogP contribution in [0.2, 0.25) is 0 Å². The molecule has 0 aliphatic carbocycles. The van der Waals surface area contributed by atoms with E-state index in [2.05, 4.69) is 10.6 Å². The molecule has 2 amide bonds. The lowest BCUT2D eigenvalue weighted by atomic mass is 9.97. The van der Waals surface area contributed by atoms with E-state index in [1.54, 1.807) is 13.0 Å². The van der Waals surface area contributed by atoms with Crippen LogP contribution < -0.4 is 10.6 Å². The van der Waals surface area contributed by atoms with Crippen LogP contribution in [0.5, 0.6) is 0 Å². The molecule has 2 rings (SSSR count). The Morgan fingerprint density at radius 3 is 2.74 bits per heavy atom. The van der Waals surface area contributed by atoms with Crippen LogP contribution in [0.3, 0.4) is 0 Å². The van der Waals surface area contributed by atoms with Gasteiger partial charge in [-0.15, -0.1) is 0 Å². The quantitative estimate of drug-likeness (QED) is 0.802. The van der Waals surface area contributed by atoms with Gasteiger partial charge in [-0.2, -0.15) is 0 Å². The minimum atomic E-state index is -0.875. The zero-order chi connectivity index (χ0) is 17.0. The Bertz CT molecular complexity index is 627. The second-order valence-electron chi connectivity index (χ2n) is 5.64. The van der Waals surface area contributed by atoms with Crippen molar-refractivity contribution in [3.63, 3.8) is 0 Å². The van der Waals surface area contributed by atoms with E-state index in [-0.39, 0.29) is 18.4 Å². The Kier molecular flexibility index (Phi) is 5.36. The summed E-state index contributed by atoms with van der Waals surface area (Å²) in [6.07, 6.45) is 0.763. The zero-order valence-corrected chi connectivity index (χ0v) is 13.6. The first-order valence-electron chi connectivity index (χ1n) is 7.76. The molecular weight excluding hydrogens is 296 g/mol. The summed E-state index contributed by atoms with van der Waals surface area (Å²) in [5.74, 6) is -1.02. The van der Waals surface area contributed by atoms with Gasteiger partial charge in [-0.1, -0.05) is 18.2 Å². The first-order valence-corrected chi connectivity index (χ1v) is 7.76. The summed E-state index contributed by atoms with van der Waals surface area (Å²) in [4.78, 5) is 35.9. The number of benzene rings is 1. The zero-order valence-electron chi connectivity index (χ0n) is 13.6. The average molecular weight is 318 g/mol. The number of aryl methyl sites for hydroxylation is 1. The fraction of sp³-hybridized carbons (Fsp3) is 0.471. The van der Waals surface area contributed by atoms with Crippen molar-refractivity contribution in [1.29, 1.82) is 0 Å². The molecule has 0 saturated carbocycles. The maximum Gasteiger partial charge on any atom is 0.333 e. The van der Waals surface area contributed by atoms with Gasteiger partial charge >= 0.3 is 5.97 Å². The summed E-state index contributed by atoms with van der Waals surface area (Å²) in [7, 11) is 0. The lowest BCUT2D eigenvalue weighted by Gasteiger charge is -2.22.